The van der Waals surface area contributed by atoms with E-state index in [1.807, 2.05) is 36.6 Å². The molecule has 0 radical (unpaired) electrons. The molecule has 0 aliphatic heterocycles. The number of carbonyl (C=O) groups is 1. The first-order chi connectivity index (χ1) is 10.2. The third-order valence-electron chi connectivity index (χ3n) is 3.98. The number of nitrogens with zero attached hydrogens (tertiary/aromatic N) is 2. The largest absolute Gasteiger partial charge is 0.464 e. The molecule has 1 aromatic heterocycles. The Labute approximate surface area is 124 Å². The SMILES string of the molecule is CCOC(=O)C(CC)n1c(C2CC2)nc2c(N)cccc21. The molecular weight excluding hydrogens is 266 g/mol. The summed E-state index contributed by atoms with van der Waals surface area (Å²) in [6.07, 6.45) is 2.93. The fraction of sp³-hybridized carbons (Fsp3) is 0.500. The molecule has 112 valence electrons. The Morgan fingerprint density at radius 3 is 2.86 bits per heavy atom. The van der Waals surface area contributed by atoms with Crippen molar-refractivity contribution in [1.29, 1.82) is 0 Å². The van der Waals surface area contributed by atoms with Gasteiger partial charge in [0.15, 0.2) is 0 Å². The predicted octanol–water partition coefficient (Wildman–Crippen LogP) is 3.01. The molecule has 1 atom stereocenters. The van der Waals surface area contributed by atoms with Crippen molar-refractivity contribution in [2.75, 3.05) is 12.3 Å². The first-order valence-corrected chi connectivity index (χ1v) is 7.60. The highest BCUT2D eigenvalue weighted by molar-refractivity contribution is 5.89. The molecule has 1 aliphatic carbocycles. The van der Waals surface area contributed by atoms with Crippen LogP contribution < -0.4 is 5.73 Å². The van der Waals surface area contributed by atoms with Gasteiger partial charge in [-0.3, -0.25) is 0 Å². The maximum absolute atomic E-state index is 12.3. The number of rotatable bonds is 5. The van der Waals surface area contributed by atoms with Crippen LogP contribution in [0.3, 0.4) is 0 Å². The van der Waals surface area contributed by atoms with E-state index in [1.165, 1.54) is 0 Å². The van der Waals surface area contributed by atoms with Gasteiger partial charge in [-0.05, 0) is 38.3 Å². The zero-order valence-electron chi connectivity index (χ0n) is 12.5. The average Bonchev–Trinajstić information content (AvgIpc) is 3.23. The number of ether oxygens (including phenoxy) is 1. The Bertz CT molecular complexity index is 673. The highest BCUT2D eigenvalue weighted by Crippen LogP contribution is 2.42. The molecule has 2 aromatic rings. The standard InChI is InChI=1S/C16H21N3O2/c1-3-12(16(20)21-4-2)19-13-7-5-6-11(17)14(13)18-15(19)10-8-9-10/h5-7,10,12H,3-4,8-9,17H2,1-2H3. The molecule has 1 unspecified atom stereocenters. The van der Waals surface area contributed by atoms with Crippen LogP contribution in [0, 0.1) is 0 Å². The van der Waals surface area contributed by atoms with E-state index in [0.717, 1.165) is 29.7 Å². The monoisotopic (exact) mass is 287 g/mol. The van der Waals surface area contributed by atoms with Crippen LogP contribution >= 0.6 is 0 Å². The van der Waals surface area contributed by atoms with Crippen molar-refractivity contribution in [1.82, 2.24) is 9.55 Å². The van der Waals surface area contributed by atoms with Crippen molar-refractivity contribution in [3.05, 3.63) is 24.0 Å². The molecule has 2 N–H and O–H groups in total. The molecule has 0 amide bonds. The van der Waals surface area contributed by atoms with Gasteiger partial charge in [-0.15, -0.1) is 0 Å². The summed E-state index contributed by atoms with van der Waals surface area (Å²) < 4.78 is 7.28. The number of carbonyl (C=O) groups excluding carboxylic acids is 1. The number of nitrogen functional groups attached to an aromatic ring is 1. The van der Waals surface area contributed by atoms with Crippen LogP contribution in [0.1, 0.15) is 50.9 Å². The number of hydrogen-bond donors (Lipinski definition) is 1. The Balaban J connectivity index is 2.16. The molecule has 1 saturated carbocycles. The molecule has 0 spiro atoms. The maximum atomic E-state index is 12.3. The van der Waals surface area contributed by atoms with Gasteiger partial charge in [-0.1, -0.05) is 13.0 Å². The minimum Gasteiger partial charge on any atom is -0.464 e. The van der Waals surface area contributed by atoms with E-state index in [0.29, 0.717) is 24.6 Å². The number of nitrogens with two attached hydrogens (primary N) is 1. The van der Waals surface area contributed by atoms with Crippen molar-refractivity contribution >= 4 is 22.7 Å². The van der Waals surface area contributed by atoms with Gasteiger partial charge in [-0.2, -0.15) is 0 Å². The number of hydrogen-bond acceptors (Lipinski definition) is 4. The van der Waals surface area contributed by atoms with Crippen LogP contribution in [0.2, 0.25) is 0 Å². The number of para-hydroxylation sites is 1. The summed E-state index contributed by atoms with van der Waals surface area (Å²) in [4.78, 5) is 17.0. The highest BCUT2D eigenvalue weighted by atomic mass is 16.5. The fourth-order valence-electron chi connectivity index (χ4n) is 2.81. The van der Waals surface area contributed by atoms with Crippen LogP contribution in [-0.4, -0.2) is 22.1 Å². The summed E-state index contributed by atoms with van der Waals surface area (Å²) in [7, 11) is 0. The second-order valence-electron chi connectivity index (χ2n) is 5.51. The molecule has 5 heteroatoms. The van der Waals surface area contributed by atoms with E-state index < -0.39 is 0 Å². The Morgan fingerprint density at radius 1 is 1.48 bits per heavy atom. The summed E-state index contributed by atoms with van der Waals surface area (Å²) in [6.45, 7) is 4.22. The van der Waals surface area contributed by atoms with Crippen molar-refractivity contribution in [3.63, 3.8) is 0 Å². The summed E-state index contributed by atoms with van der Waals surface area (Å²) >= 11 is 0. The second-order valence-corrected chi connectivity index (χ2v) is 5.51. The molecular formula is C16H21N3O2. The molecule has 0 bridgehead atoms. The lowest BCUT2D eigenvalue weighted by molar-refractivity contribution is -0.147. The van der Waals surface area contributed by atoms with E-state index in [1.54, 1.807) is 0 Å². The lowest BCUT2D eigenvalue weighted by atomic mass is 10.2. The van der Waals surface area contributed by atoms with Crippen LogP contribution in [-0.2, 0) is 9.53 Å². The Hall–Kier alpha value is -2.04. The molecule has 1 aliphatic rings. The van der Waals surface area contributed by atoms with Gasteiger partial charge in [0.25, 0.3) is 0 Å². The maximum Gasteiger partial charge on any atom is 0.329 e. The van der Waals surface area contributed by atoms with Crippen molar-refractivity contribution < 1.29 is 9.53 Å². The summed E-state index contributed by atoms with van der Waals surface area (Å²) in [5.41, 5.74) is 8.42. The number of fused-ring (bicyclic) bond motifs is 1. The van der Waals surface area contributed by atoms with Gasteiger partial charge in [-0.25, -0.2) is 9.78 Å². The minimum atomic E-state index is -0.327. The van der Waals surface area contributed by atoms with Crippen molar-refractivity contribution in [2.45, 2.75) is 45.1 Å². The third-order valence-corrected chi connectivity index (χ3v) is 3.98. The zero-order chi connectivity index (χ0) is 15.0. The molecule has 21 heavy (non-hydrogen) atoms. The van der Waals surface area contributed by atoms with E-state index in [2.05, 4.69) is 0 Å². The van der Waals surface area contributed by atoms with Gasteiger partial charge >= 0.3 is 5.97 Å². The van der Waals surface area contributed by atoms with Crippen LogP contribution in [0.4, 0.5) is 5.69 Å². The molecule has 5 nitrogen and oxygen atoms in total. The lowest BCUT2D eigenvalue weighted by Crippen LogP contribution is -2.23. The average molecular weight is 287 g/mol. The number of benzene rings is 1. The smallest absolute Gasteiger partial charge is 0.329 e. The van der Waals surface area contributed by atoms with Crippen LogP contribution in [0.25, 0.3) is 11.0 Å². The highest BCUT2D eigenvalue weighted by Gasteiger charge is 2.34. The van der Waals surface area contributed by atoms with Crippen molar-refractivity contribution in [2.24, 2.45) is 0 Å². The summed E-state index contributed by atoms with van der Waals surface area (Å²) in [6, 6.07) is 5.41. The van der Waals surface area contributed by atoms with Gasteiger partial charge in [0.2, 0.25) is 0 Å². The van der Waals surface area contributed by atoms with E-state index in [9.17, 15) is 4.79 Å². The third kappa shape index (κ3) is 2.37. The predicted molar refractivity (Wildman–Crippen MR) is 82.1 cm³/mol. The van der Waals surface area contributed by atoms with Gasteiger partial charge < -0.3 is 15.0 Å². The Morgan fingerprint density at radius 2 is 2.24 bits per heavy atom. The van der Waals surface area contributed by atoms with E-state index in [4.69, 9.17) is 15.5 Å². The van der Waals surface area contributed by atoms with Crippen LogP contribution in [0.5, 0.6) is 0 Å². The van der Waals surface area contributed by atoms with Gasteiger partial charge in [0, 0.05) is 5.92 Å². The Kier molecular flexibility index (Phi) is 3.57. The normalized spacial score (nSPS) is 16.1. The quantitative estimate of drug-likeness (QED) is 0.678. The molecule has 1 aromatic carbocycles. The number of esters is 1. The first-order valence-electron chi connectivity index (χ1n) is 7.60. The van der Waals surface area contributed by atoms with E-state index >= 15 is 0 Å². The minimum absolute atomic E-state index is 0.191. The summed E-state index contributed by atoms with van der Waals surface area (Å²) in [5, 5.41) is 0. The fourth-order valence-corrected chi connectivity index (χ4v) is 2.81. The summed E-state index contributed by atoms with van der Waals surface area (Å²) in [5.74, 6) is 1.23. The number of aromatic nitrogens is 2. The topological polar surface area (TPSA) is 70.1 Å². The molecule has 1 fully saturated rings. The van der Waals surface area contributed by atoms with Crippen LogP contribution in [0.15, 0.2) is 18.2 Å². The van der Waals surface area contributed by atoms with E-state index in [-0.39, 0.29) is 12.0 Å². The molecule has 3 rings (SSSR count). The van der Waals surface area contributed by atoms with Gasteiger partial charge in [0.1, 0.15) is 17.4 Å². The number of anilines is 1. The van der Waals surface area contributed by atoms with Crippen molar-refractivity contribution in [3.8, 4) is 0 Å². The second kappa shape index (κ2) is 5.39. The molecule has 0 saturated heterocycles. The molecule has 1 heterocycles. The van der Waals surface area contributed by atoms with Gasteiger partial charge in [0.05, 0.1) is 17.8 Å². The first kappa shape index (κ1) is 13.9. The number of imidazole rings is 1. The lowest BCUT2D eigenvalue weighted by Gasteiger charge is -2.18. The zero-order valence-corrected chi connectivity index (χ0v) is 12.5.